The van der Waals surface area contributed by atoms with Gasteiger partial charge in [-0.1, -0.05) is 100 Å². The van der Waals surface area contributed by atoms with Crippen LogP contribution >= 0.6 is 21.6 Å². The highest BCUT2D eigenvalue weighted by Gasteiger charge is 2.44. The average Bonchev–Trinajstić information content (AvgIpc) is 1.54. The molecular weight excluding hydrogens is 1940 g/mol. The molecule has 6 aromatic rings. The number of fused-ring (bicyclic) bond motifs is 3. The molecule has 2 aromatic heterocycles. The fraction of sp³-hybridized carbons (Fsp3) is 0.536. The lowest BCUT2D eigenvalue weighted by atomic mass is 9.90. The van der Waals surface area contributed by atoms with E-state index in [1.165, 1.54) is 18.7 Å². The molecule has 146 heavy (non-hydrogen) atoms. The molecule has 5 aliphatic rings. The summed E-state index contributed by atoms with van der Waals surface area (Å²) in [6, 6.07) is 5.76. The third kappa shape index (κ3) is 34.6. The van der Waals surface area contributed by atoms with E-state index in [-0.39, 0.29) is 142 Å². The molecule has 24 N–H and O–H groups in total. The van der Waals surface area contributed by atoms with E-state index in [9.17, 15) is 68.7 Å². The number of nitrogens with zero attached hydrogens (tertiary/aromatic N) is 5. The molecule has 5 aliphatic heterocycles. The second kappa shape index (κ2) is 55.8. The first kappa shape index (κ1) is 113. The third-order valence-corrected chi connectivity index (χ3v) is 28.8. The Hall–Kier alpha value is -13.4. The minimum Gasteiger partial charge on any atom is -0.481 e. The number of carboxylic acids is 4. The molecule has 0 radical (unpaired) electrons. The average molecular weight is 2070 g/mol. The summed E-state index contributed by atoms with van der Waals surface area (Å²) in [6.45, 7) is 2.55. The molecule has 47 nitrogen and oxygen atoms in total. The number of benzene rings is 4. The summed E-state index contributed by atoms with van der Waals surface area (Å²) in [5, 5.41) is 89.5. The number of para-hydroxylation sites is 2. The minimum absolute atomic E-state index is 0.0203. The van der Waals surface area contributed by atoms with Crippen LogP contribution in [0.1, 0.15) is 108 Å². The fourth-order valence-electron chi connectivity index (χ4n) is 18.6. The van der Waals surface area contributed by atoms with Gasteiger partial charge in [0.05, 0.1) is 45.1 Å². The number of aromatic nitrogens is 2. The largest absolute Gasteiger partial charge is 0.481 e. The van der Waals surface area contributed by atoms with E-state index in [0.29, 0.717) is 65.3 Å². The van der Waals surface area contributed by atoms with Gasteiger partial charge in [-0.05, 0) is 136 Å². The van der Waals surface area contributed by atoms with Crippen molar-refractivity contribution in [2.75, 3.05) is 129 Å². The smallest absolute Gasteiger partial charge is 0.317 e. The van der Waals surface area contributed by atoms with Crippen LogP contribution in [0, 0.1) is 11.8 Å². The van der Waals surface area contributed by atoms with Crippen LogP contribution in [0.25, 0.3) is 32.6 Å². The highest BCUT2D eigenvalue weighted by atomic mass is 33.1. The second-order valence-electron chi connectivity index (χ2n) is 37.4. The molecule has 5 saturated heterocycles. The van der Waals surface area contributed by atoms with Crippen LogP contribution in [0.2, 0.25) is 0 Å². The molecule has 0 bridgehead atoms. The second-order valence-corrected chi connectivity index (χ2v) is 40.0. The Morgan fingerprint density at radius 3 is 1.61 bits per heavy atom. The first-order valence-electron chi connectivity index (χ1n) is 48.9. The van der Waals surface area contributed by atoms with Crippen LogP contribution in [0.3, 0.4) is 0 Å². The van der Waals surface area contributed by atoms with Gasteiger partial charge in [0.1, 0.15) is 72.5 Å². The van der Waals surface area contributed by atoms with Crippen molar-refractivity contribution in [2.45, 2.75) is 189 Å². The number of nitrogens with two attached hydrogens (primary N) is 2. The lowest BCUT2D eigenvalue weighted by Crippen LogP contribution is -2.63. The number of aliphatic hydroxyl groups is 1. The number of primary amides is 2. The lowest BCUT2D eigenvalue weighted by Gasteiger charge is -2.33. The molecule has 0 unspecified atom stereocenters. The molecular formula is C97H132N22O25S2. The molecule has 0 aliphatic carbocycles. The maximum atomic E-state index is 15.9. The number of nitrogens with one attached hydrogen (secondary N) is 15. The molecule has 13 atom stereocenters. The zero-order chi connectivity index (χ0) is 105. The number of H-pyrrole nitrogens is 2. The van der Waals surface area contributed by atoms with E-state index in [4.69, 9.17) is 16.2 Å². The molecule has 15 amide bonds. The van der Waals surface area contributed by atoms with Gasteiger partial charge in [-0.3, -0.25) is 111 Å². The summed E-state index contributed by atoms with van der Waals surface area (Å²) in [5.74, 6) is -22.7. The number of hydrogen-bond donors (Lipinski definition) is 22. The van der Waals surface area contributed by atoms with Crippen molar-refractivity contribution in [2.24, 2.45) is 23.3 Å². The molecule has 792 valence electrons. The number of piperidine rings is 1. The van der Waals surface area contributed by atoms with E-state index in [1.54, 1.807) is 117 Å². The molecule has 0 spiro atoms. The number of aliphatic carboxylic acids is 4. The Morgan fingerprint density at radius 2 is 1.03 bits per heavy atom. The standard InChI is InChI=1S/C97H132N22O25S2/c1-55(120)84(113-92(138)71(104-56(2)121)43-62-47-102-66-16-7-5-14-64(62)66)95(141)114-85(60-24-38-144-39-25-60)96(142)112-76-54-146-145-53-75(94(140)110-74(97(143)119-29-11-19-77(119)86(99)132)44-63-48-103-67-17-8-6-15-65(63)67)111-91(137)73(46-80(124)125)109-87(133)68(18-9-10-26-101-79(123)49-115-30-32-116(50-81(126)127)34-36-118(52-83(130)131)37-35-117(33-31-115)51-82(128)129)105-88(134)70(42-58-20-21-59-12-3-4-13-61(59)40-58)106-90(136)72(45-78(98)122)108-89(135)69(107-93(76)139)41-57-22-27-100-28-23-57/h3-8,12-17,20-21,40,47-48,55,57,60,68-77,84-85,100,102-103,120H,9-11,18-19,22-39,41-46,49-54H2,1-2H3,(H2,98,122)(H2,99,132)(H,101,123)(H,104,121)(H,105,134)(H,106,136)(H,107,139)(H,108,135)(H,109,133)(H,110,140)(H,111,137)(H,112,142)(H,113,138)(H,114,141)(H,124,125)(H,126,127)(H,128,129)(H,130,131)/t55-,68+,69+,70+,71+,72+,73+,74+,75+,76+,77+,84+,85+/m1/s1. The number of carbonyl (C=O) groups is 19. The summed E-state index contributed by atoms with van der Waals surface area (Å²) in [7, 11) is 1.54. The first-order chi connectivity index (χ1) is 69.9. The summed E-state index contributed by atoms with van der Waals surface area (Å²) in [5.41, 5.74) is 14.7. The van der Waals surface area contributed by atoms with Crippen molar-refractivity contribution in [1.29, 1.82) is 0 Å². The summed E-state index contributed by atoms with van der Waals surface area (Å²) < 4.78 is 5.71. The van der Waals surface area contributed by atoms with Gasteiger partial charge in [0.2, 0.25) is 88.6 Å². The van der Waals surface area contributed by atoms with Crippen LogP contribution in [0.5, 0.6) is 0 Å². The van der Waals surface area contributed by atoms with E-state index >= 15 is 47.9 Å². The van der Waals surface area contributed by atoms with Gasteiger partial charge >= 0.3 is 23.9 Å². The van der Waals surface area contributed by atoms with E-state index in [2.05, 4.69) is 79.1 Å². The first-order valence-corrected chi connectivity index (χ1v) is 51.4. The van der Waals surface area contributed by atoms with E-state index in [0.717, 1.165) is 37.9 Å². The fourth-order valence-corrected chi connectivity index (χ4v) is 21.0. The lowest BCUT2D eigenvalue weighted by molar-refractivity contribution is -0.142. The van der Waals surface area contributed by atoms with Crippen molar-refractivity contribution >= 4 is 167 Å². The van der Waals surface area contributed by atoms with Crippen molar-refractivity contribution in [3.8, 4) is 0 Å². The van der Waals surface area contributed by atoms with Crippen molar-refractivity contribution < 1.29 is 121 Å². The number of amides is 15. The van der Waals surface area contributed by atoms with Gasteiger partial charge in [0.25, 0.3) is 0 Å². The number of likely N-dealkylation sites (tertiary alicyclic amines) is 1. The molecule has 49 heteroatoms. The van der Waals surface area contributed by atoms with Crippen molar-refractivity contribution in [3.63, 3.8) is 0 Å². The van der Waals surface area contributed by atoms with Crippen LogP contribution in [-0.2, 0) is 115 Å². The molecule has 5 fully saturated rings. The normalized spacial score (nSPS) is 22.1. The molecule has 0 saturated carbocycles. The Labute approximate surface area is 848 Å². The van der Waals surface area contributed by atoms with Gasteiger partial charge in [-0.25, -0.2) is 0 Å². The maximum absolute atomic E-state index is 15.9. The zero-order valence-corrected chi connectivity index (χ0v) is 83.0. The van der Waals surface area contributed by atoms with Gasteiger partial charge in [0.15, 0.2) is 0 Å². The van der Waals surface area contributed by atoms with Gasteiger partial charge in [-0.2, -0.15) is 0 Å². The Bertz CT molecular complexity index is 5610. The number of aliphatic hydroxyl groups excluding tert-OH is 1. The number of carboxylic acid groups (broad SMARTS) is 4. The molecule has 4 aromatic carbocycles. The summed E-state index contributed by atoms with van der Waals surface area (Å²) in [6.07, 6.45) is -0.407. The van der Waals surface area contributed by atoms with Gasteiger partial charge in [0, 0.05) is 151 Å². The quantitative estimate of drug-likeness (QED) is 0.0131. The number of hydrogen-bond acceptors (Lipinski definition) is 28. The van der Waals surface area contributed by atoms with Gasteiger partial charge < -0.3 is 126 Å². The number of unbranched alkanes of at least 4 members (excludes halogenated alkanes) is 1. The highest BCUT2D eigenvalue weighted by molar-refractivity contribution is 8.76. The Kier molecular flexibility index (Phi) is 43.1. The number of aromatic amines is 2. The monoisotopic (exact) mass is 2070 g/mol. The highest BCUT2D eigenvalue weighted by Crippen LogP contribution is 2.30. The Morgan fingerprint density at radius 1 is 0.514 bits per heavy atom. The van der Waals surface area contributed by atoms with Crippen LogP contribution in [-0.4, -0.2) is 381 Å². The third-order valence-electron chi connectivity index (χ3n) is 26.4. The van der Waals surface area contributed by atoms with Crippen molar-refractivity contribution in [3.05, 3.63) is 120 Å². The van der Waals surface area contributed by atoms with Crippen LogP contribution in [0.15, 0.2) is 103 Å². The minimum atomic E-state index is -2.18. The van der Waals surface area contributed by atoms with Crippen molar-refractivity contribution in [1.82, 2.24) is 104 Å². The molecule has 7 heterocycles. The van der Waals surface area contributed by atoms with E-state index in [1.807, 2.05) is 6.07 Å². The SMILES string of the molecule is CC(=O)N[C@@H](Cc1c[nH]c2ccccc12)C(=O)N[C@H](C(=O)N[C@H](C(=O)N[C@H]1CSSC[C@@H](C(=O)N[C@@H](Cc2c[nH]c3ccccc23)C(=O)N2CCC[C@H]2C(N)=O)NC(=O)[C@H](CC(=O)O)NC(=O)[C@H](CCCCNC(=O)CN2CCN(CC(=O)O)CCN(CC(=O)O)CCN(CC(=O)O)CC2)NC(=O)[C@H](Cc2ccc3ccccc3c2)NC(=O)[C@H](CC(N)=O)NC(=O)[C@H](CC2CCNCC2)NC1=O)C1CCOCC1)[C@@H](C)O. The topological polar surface area (TPSA) is 691 Å². The summed E-state index contributed by atoms with van der Waals surface area (Å²) >= 11 is 0. The number of carbonyl (C=O) groups excluding carboxylic acids is 15. The predicted molar refractivity (Wildman–Crippen MR) is 534 cm³/mol. The number of rotatable bonds is 38. The predicted octanol–water partition coefficient (Wildman–Crippen LogP) is -3.64. The van der Waals surface area contributed by atoms with Crippen LogP contribution in [0.4, 0.5) is 0 Å². The van der Waals surface area contributed by atoms with E-state index < -0.39 is 254 Å². The maximum Gasteiger partial charge on any atom is 0.317 e. The molecule has 11 rings (SSSR count). The number of ether oxygens (including phenoxy) is 1. The van der Waals surface area contributed by atoms with Gasteiger partial charge in [-0.15, -0.1) is 0 Å². The zero-order valence-electron chi connectivity index (χ0n) is 81.3. The summed E-state index contributed by atoms with van der Waals surface area (Å²) in [4.78, 5) is 286. The Balaban J connectivity index is 0.948. The van der Waals surface area contributed by atoms with Crippen LogP contribution < -0.4 is 80.6 Å².